The Labute approximate surface area is 204 Å². The molecule has 0 aliphatic carbocycles. The van der Waals surface area contributed by atoms with Crippen molar-refractivity contribution in [3.63, 3.8) is 0 Å². The van der Waals surface area contributed by atoms with E-state index in [4.69, 9.17) is 44.3 Å². The van der Waals surface area contributed by atoms with Gasteiger partial charge in [-0.1, -0.05) is 46.9 Å². The highest BCUT2D eigenvalue weighted by molar-refractivity contribution is 7.89. The average Bonchev–Trinajstić information content (AvgIpc) is 3.22. The first-order valence-corrected chi connectivity index (χ1v) is 12.0. The van der Waals surface area contributed by atoms with E-state index in [0.29, 0.717) is 22.8 Å². The molecule has 2 aromatic heterocycles. The van der Waals surface area contributed by atoms with Crippen LogP contribution in [-0.2, 0) is 10.0 Å². The molecule has 0 unspecified atom stereocenters. The van der Waals surface area contributed by atoms with Crippen molar-refractivity contribution in [2.75, 3.05) is 20.3 Å². The summed E-state index contributed by atoms with van der Waals surface area (Å²) in [6, 6.07) is 13.1. The van der Waals surface area contributed by atoms with Gasteiger partial charge in [0.25, 0.3) is 0 Å². The van der Waals surface area contributed by atoms with Crippen LogP contribution in [0.25, 0.3) is 17.0 Å². The SMILES string of the molecule is COc1ccccc1-c1nnc2ccc(OCCNS(=O)(=O)c3cc(Cl)c(Cl)cc3Cl)nn12. The minimum Gasteiger partial charge on any atom is -0.496 e. The summed E-state index contributed by atoms with van der Waals surface area (Å²) in [5.41, 5.74) is 1.22. The van der Waals surface area contributed by atoms with Crippen molar-refractivity contribution in [3.8, 4) is 23.0 Å². The van der Waals surface area contributed by atoms with E-state index < -0.39 is 10.0 Å². The molecular weight excluding hydrogens is 513 g/mol. The van der Waals surface area contributed by atoms with Gasteiger partial charge in [-0.15, -0.1) is 15.3 Å². The predicted octanol–water partition coefficient (Wildman–Crippen LogP) is 4.12. The van der Waals surface area contributed by atoms with E-state index in [1.165, 1.54) is 16.6 Å². The number of nitrogens with one attached hydrogen (secondary N) is 1. The van der Waals surface area contributed by atoms with E-state index in [9.17, 15) is 8.42 Å². The first kappa shape index (κ1) is 23.5. The third-order valence-electron chi connectivity index (χ3n) is 4.49. The Hall–Kier alpha value is -2.63. The Morgan fingerprint density at radius 1 is 1.00 bits per heavy atom. The lowest BCUT2D eigenvalue weighted by atomic mass is 10.2. The van der Waals surface area contributed by atoms with Gasteiger partial charge in [-0.05, 0) is 30.3 Å². The quantitative estimate of drug-likeness (QED) is 0.271. The number of aromatic nitrogens is 4. The van der Waals surface area contributed by atoms with Crippen LogP contribution in [0.2, 0.25) is 15.1 Å². The number of hydrogen-bond donors (Lipinski definition) is 1. The Bertz CT molecular complexity index is 1430. The number of benzene rings is 2. The minimum absolute atomic E-state index is 0.00277. The van der Waals surface area contributed by atoms with Gasteiger partial charge >= 0.3 is 0 Å². The summed E-state index contributed by atoms with van der Waals surface area (Å²) < 4.78 is 40.0. The number of fused-ring (bicyclic) bond motifs is 1. The van der Waals surface area contributed by atoms with Crippen molar-refractivity contribution in [1.82, 2.24) is 24.5 Å². The number of nitrogens with zero attached hydrogens (tertiary/aromatic N) is 4. The van der Waals surface area contributed by atoms with Crippen LogP contribution in [0.5, 0.6) is 11.6 Å². The lowest BCUT2D eigenvalue weighted by Gasteiger charge is -2.10. The van der Waals surface area contributed by atoms with Crippen molar-refractivity contribution >= 4 is 50.5 Å². The summed E-state index contributed by atoms with van der Waals surface area (Å²) in [5.74, 6) is 1.35. The Morgan fingerprint density at radius 2 is 1.76 bits per heavy atom. The van der Waals surface area contributed by atoms with Crippen LogP contribution in [0.15, 0.2) is 53.4 Å². The van der Waals surface area contributed by atoms with E-state index in [1.54, 1.807) is 19.2 Å². The second kappa shape index (κ2) is 9.70. The molecule has 1 N–H and O–H groups in total. The molecule has 2 heterocycles. The third-order valence-corrected chi connectivity index (χ3v) is 7.14. The van der Waals surface area contributed by atoms with Gasteiger partial charge in [-0.3, -0.25) is 0 Å². The molecule has 13 heteroatoms. The fourth-order valence-electron chi connectivity index (χ4n) is 2.97. The second-order valence-electron chi connectivity index (χ2n) is 6.61. The normalized spacial score (nSPS) is 11.6. The van der Waals surface area contributed by atoms with Crippen molar-refractivity contribution in [1.29, 1.82) is 0 Å². The Balaban J connectivity index is 1.47. The zero-order valence-electron chi connectivity index (χ0n) is 17.0. The molecule has 0 bridgehead atoms. The Kier molecular flexibility index (Phi) is 6.91. The van der Waals surface area contributed by atoms with Crippen molar-refractivity contribution in [3.05, 3.63) is 63.6 Å². The largest absolute Gasteiger partial charge is 0.496 e. The summed E-state index contributed by atoms with van der Waals surface area (Å²) in [6.07, 6.45) is 0. The highest BCUT2D eigenvalue weighted by atomic mass is 35.5. The van der Waals surface area contributed by atoms with Gasteiger partial charge in [0, 0.05) is 12.6 Å². The molecule has 33 heavy (non-hydrogen) atoms. The number of para-hydroxylation sites is 1. The Morgan fingerprint density at radius 3 is 2.55 bits per heavy atom. The topological polar surface area (TPSA) is 108 Å². The van der Waals surface area contributed by atoms with Gasteiger partial charge in [0.15, 0.2) is 11.5 Å². The van der Waals surface area contributed by atoms with Crippen LogP contribution in [0.1, 0.15) is 0 Å². The monoisotopic (exact) mass is 527 g/mol. The van der Waals surface area contributed by atoms with Gasteiger partial charge in [-0.2, -0.15) is 4.52 Å². The van der Waals surface area contributed by atoms with E-state index in [-0.39, 0.29) is 39.0 Å². The summed E-state index contributed by atoms with van der Waals surface area (Å²) in [5, 5.41) is 12.9. The maximum absolute atomic E-state index is 12.5. The predicted molar refractivity (Wildman–Crippen MR) is 125 cm³/mol. The maximum atomic E-state index is 12.5. The molecule has 0 atom stereocenters. The molecule has 0 fully saturated rings. The molecule has 2 aromatic carbocycles. The molecule has 0 aliphatic rings. The van der Waals surface area contributed by atoms with Gasteiger partial charge in [0.1, 0.15) is 17.3 Å². The van der Waals surface area contributed by atoms with Crippen molar-refractivity contribution in [2.45, 2.75) is 4.90 Å². The maximum Gasteiger partial charge on any atom is 0.242 e. The van der Waals surface area contributed by atoms with E-state index in [2.05, 4.69) is 20.0 Å². The summed E-state index contributed by atoms with van der Waals surface area (Å²) in [7, 11) is -2.36. The lowest BCUT2D eigenvalue weighted by molar-refractivity contribution is 0.306. The zero-order chi connectivity index (χ0) is 23.6. The average molecular weight is 529 g/mol. The second-order valence-corrected chi connectivity index (χ2v) is 9.57. The number of ether oxygens (including phenoxy) is 2. The molecule has 4 aromatic rings. The first-order valence-electron chi connectivity index (χ1n) is 9.43. The molecule has 9 nitrogen and oxygen atoms in total. The lowest BCUT2D eigenvalue weighted by Crippen LogP contribution is -2.28. The van der Waals surface area contributed by atoms with Crippen molar-refractivity contribution in [2.24, 2.45) is 0 Å². The van der Waals surface area contributed by atoms with Crippen LogP contribution < -0.4 is 14.2 Å². The number of methoxy groups -OCH3 is 1. The number of hydrogen-bond acceptors (Lipinski definition) is 7. The molecule has 0 saturated heterocycles. The highest BCUT2D eigenvalue weighted by Gasteiger charge is 2.20. The smallest absolute Gasteiger partial charge is 0.242 e. The molecule has 0 aliphatic heterocycles. The molecule has 0 amide bonds. The molecule has 172 valence electrons. The van der Waals surface area contributed by atoms with Crippen LogP contribution in [0, 0.1) is 0 Å². The summed E-state index contributed by atoms with van der Waals surface area (Å²) >= 11 is 17.8. The first-order chi connectivity index (χ1) is 15.8. The fraction of sp³-hybridized carbons (Fsp3) is 0.150. The van der Waals surface area contributed by atoms with Crippen LogP contribution in [0.3, 0.4) is 0 Å². The number of sulfonamides is 1. The molecule has 0 saturated carbocycles. The number of halogens is 3. The van der Waals surface area contributed by atoms with Gasteiger partial charge < -0.3 is 9.47 Å². The fourth-order valence-corrected chi connectivity index (χ4v) is 4.98. The van der Waals surface area contributed by atoms with E-state index in [1.807, 2.05) is 24.3 Å². The summed E-state index contributed by atoms with van der Waals surface area (Å²) in [6.45, 7) is -0.0387. The third kappa shape index (κ3) is 4.99. The van der Waals surface area contributed by atoms with Gasteiger partial charge in [0.05, 0.1) is 27.7 Å². The van der Waals surface area contributed by atoms with E-state index >= 15 is 0 Å². The highest BCUT2D eigenvalue weighted by Crippen LogP contribution is 2.31. The molecule has 4 rings (SSSR count). The molecule has 0 spiro atoms. The van der Waals surface area contributed by atoms with Crippen LogP contribution in [0.4, 0.5) is 0 Å². The van der Waals surface area contributed by atoms with Crippen molar-refractivity contribution < 1.29 is 17.9 Å². The molecule has 0 radical (unpaired) electrons. The summed E-state index contributed by atoms with van der Waals surface area (Å²) in [4.78, 5) is -0.177. The standard InChI is InChI=1S/C20H16Cl3N5O4S/c1-31-16-5-3-2-4-12(16)20-26-25-18-6-7-19(27-28(18)20)32-9-8-24-33(29,30)17-11-14(22)13(21)10-15(17)23/h2-7,10-11,24H,8-9H2,1H3. The number of rotatable bonds is 8. The molecular formula is C20H16Cl3N5O4S. The minimum atomic E-state index is -3.93. The van der Waals surface area contributed by atoms with Crippen LogP contribution in [-0.4, -0.2) is 48.5 Å². The van der Waals surface area contributed by atoms with Crippen LogP contribution >= 0.6 is 34.8 Å². The van der Waals surface area contributed by atoms with E-state index in [0.717, 1.165) is 0 Å². The zero-order valence-corrected chi connectivity index (χ0v) is 20.1. The van der Waals surface area contributed by atoms with Gasteiger partial charge in [0.2, 0.25) is 15.9 Å². The van der Waals surface area contributed by atoms with Gasteiger partial charge in [-0.25, -0.2) is 13.1 Å².